The Bertz CT molecular complexity index is 640. The lowest BCUT2D eigenvalue weighted by molar-refractivity contribution is 0.294. The summed E-state index contributed by atoms with van der Waals surface area (Å²) in [5.74, 6) is 0.924. The summed E-state index contributed by atoms with van der Waals surface area (Å²) in [6.45, 7) is 0.970. The number of pyridine rings is 1. The molecule has 3 rings (SSSR count). The third-order valence-electron chi connectivity index (χ3n) is 4.39. The highest BCUT2D eigenvalue weighted by Crippen LogP contribution is 2.40. The van der Waals surface area contributed by atoms with E-state index in [1.165, 1.54) is 25.7 Å². The first-order valence-electron chi connectivity index (χ1n) is 6.93. The molecule has 0 atom stereocenters. The van der Waals surface area contributed by atoms with Crippen LogP contribution in [0, 0.1) is 5.41 Å². The Morgan fingerprint density at radius 2 is 1.89 bits per heavy atom. The van der Waals surface area contributed by atoms with Crippen molar-refractivity contribution < 1.29 is 0 Å². The highest BCUT2D eigenvalue weighted by atomic mass is 32.1. The van der Waals surface area contributed by atoms with Crippen LogP contribution in [0.25, 0.3) is 10.9 Å². The number of benzene rings is 1. The summed E-state index contributed by atoms with van der Waals surface area (Å²) in [6, 6.07) is 9.57. The molecule has 19 heavy (non-hydrogen) atoms. The van der Waals surface area contributed by atoms with Gasteiger partial charge in [0.05, 0.1) is 5.52 Å². The zero-order valence-electron chi connectivity index (χ0n) is 11.0. The lowest BCUT2D eigenvalue weighted by Gasteiger charge is -2.28. The Balaban J connectivity index is 2.06. The molecule has 100 valence electrons. The maximum atomic E-state index is 11.9. The highest BCUT2D eigenvalue weighted by molar-refractivity contribution is 7.80. The first kappa shape index (κ1) is 12.8. The van der Waals surface area contributed by atoms with Gasteiger partial charge in [-0.15, -0.1) is 0 Å². The zero-order chi connectivity index (χ0) is 13.3. The smallest absolute Gasteiger partial charge is 0.189 e. The van der Waals surface area contributed by atoms with Crippen LogP contribution in [0.3, 0.4) is 0 Å². The molecule has 1 fully saturated rings. The number of hydrogen-bond acceptors (Lipinski definition) is 2. The summed E-state index contributed by atoms with van der Waals surface area (Å²) in [4.78, 5) is 11.9. The van der Waals surface area contributed by atoms with Crippen molar-refractivity contribution in [1.82, 2.24) is 4.57 Å². The number of nitrogens with zero attached hydrogens (tertiary/aromatic N) is 1. The summed E-state index contributed by atoms with van der Waals surface area (Å²) in [6.07, 6.45) is 7.04. The number of rotatable bonds is 3. The normalized spacial score (nSPS) is 17.9. The molecule has 0 unspecified atom stereocenters. The van der Waals surface area contributed by atoms with E-state index >= 15 is 0 Å². The maximum Gasteiger partial charge on any atom is 0.189 e. The van der Waals surface area contributed by atoms with Gasteiger partial charge in [0, 0.05) is 24.2 Å². The summed E-state index contributed by atoms with van der Waals surface area (Å²) in [7, 11) is 0. The monoisotopic (exact) mass is 273 g/mol. The van der Waals surface area contributed by atoms with Crippen molar-refractivity contribution in [2.75, 3.05) is 5.75 Å². The van der Waals surface area contributed by atoms with Gasteiger partial charge in [0.25, 0.3) is 0 Å². The van der Waals surface area contributed by atoms with Crippen molar-refractivity contribution in [3.8, 4) is 0 Å². The predicted molar refractivity (Wildman–Crippen MR) is 83.0 cm³/mol. The average molecular weight is 273 g/mol. The molecule has 0 amide bonds. The average Bonchev–Trinajstić information content (AvgIpc) is 2.92. The topological polar surface area (TPSA) is 22.0 Å². The van der Waals surface area contributed by atoms with E-state index in [4.69, 9.17) is 0 Å². The molecule has 2 nitrogen and oxygen atoms in total. The molecule has 0 radical (unpaired) electrons. The third-order valence-corrected chi connectivity index (χ3v) is 5.06. The molecule has 0 spiro atoms. The van der Waals surface area contributed by atoms with E-state index < -0.39 is 0 Å². The standard InChI is InChI=1S/C16H19NOS/c18-15-7-10-17(14-6-2-1-5-13(14)15)11-16(12-19)8-3-4-9-16/h1-2,5-7,10,19H,3-4,8-9,11-12H2. The molecule has 1 aliphatic rings. The van der Waals surface area contributed by atoms with Gasteiger partial charge >= 0.3 is 0 Å². The van der Waals surface area contributed by atoms with Gasteiger partial charge in [-0.1, -0.05) is 25.0 Å². The van der Waals surface area contributed by atoms with Crippen molar-refractivity contribution in [2.24, 2.45) is 5.41 Å². The van der Waals surface area contributed by atoms with Gasteiger partial charge in [0.2, 0.25) is 0 Å². The van der Waals surface area contributed by atoms with Crippen LogP contribution in [0.5, 0.6) is 0 Å². The van der Waals surface area contributed by atoms with E-state index in [0.29, 0.717) is 5.41 Å². The Morgan fingerprint density at radius 1 is 1.16 bits per heavy atom. The van der Waals surface area contributed by atoms with Crippen LogP contribution in [-0.2, 0) is 6.54 Å². The molecular weight excluding hydrogens is 254 g/mol. The Hall–Kier alpha value is -1.22. The van der Waals surface area contributed by atoms with Crippen molar-refractivity contribution in [1.29, 1.82) is 0 Å². The fraction of sp³-hybridized carbons (Fsp3) is 0.438. The number of thiol groups is 1. The largest absolute Gasteiger partial charge is 0.347 e. The molecule has 0 N–H and O–H groups in total. The second-order valence-corrected chi connectivity index (χ2v) is 6.01. The Labute approximate surface area is 118 Å². The van der Waals surface area contributed by atoms with Crippen LogP contribution >= 0.6 is 12.6 Å². The summed E-state index contributed by atoms with van der Waals surface area (Å²) in [5.41, 5.74) is 1.46. The van der Waals surface area contributed by atoms with Crippen LogP contribution in [0.1, 0.15) is 25.7 Å². The van der Waals surface area contributed by atoms with Crippen molar-refractivity contribution >= 4 is 23.5 Å². The lowest BCUT2D eigenvalue weighted by atomic mass is 9.88. The third kappa shape index (κ3) is 2.32. The minimum Gasteiger partial charge on any atom is -0.347 e. The van der Waals surface area contributed by atoms with E-state index in [-0.39, 0.29) is 5.43 Å². The molecule has 1 heterocycles. The van der Waals surface area contributed by atoms with E-state index in [0.717, 1.165) is 23.2 Å². The summed E-state index contributed by atoms with van der Waals surface area (Å²) < 4.78 is 2.23. The molecular formula is C16H19NOS. The maximum absolute atomic E-state index is 11.9. The molecule has 0 aliphatic heterocycles. The molecule has 1 saturated carbocycles. The van der Waals surface area contributed by atoms with Crippen molar-refractivity contribution in [3.05, 3.63) is 46.8 Å². The minimum atomic E-state index is 0.109. The van der Waals surface area contributed by atoms with E-state index in [2.05, 4.69) is 17.2 Å². The number of fused-ring (bicyclic) bond motifs is 1. The first-order chi connectivity index (χ1) is 9.24. The van der Waals surface area contributed by atoms with Crippen LogP contribution in [0.2, 0.25) is 0 Å². The lowest BCUT2D eigenvalue weighted by Crippen LogP contribution is -2.26. The zero-order valence-corrected chi connectivity index (χ0v) is 11.9. The molecule has 2 aromatic rings. The molecule has 0 bridgehead atoms. The van der Waals surface area contributed by atoms with Gasteiger partial charge in [-0.2, -0.15) is 12.6 Å². The number of para-hydroxylation sites is 1. The SMILES string of the molecule is O=c1ccn(CC2(CS)CCCC2)c2ccccc12. The fourth-order valence-electron chi connectivity index (χ4n) is 3.25. The molecule has 1 aromatic heterocycles. The molecule has 3 heteroatoms. The van der Waals surface area contributed by atoms with Gasteiger partial charge in [-0.3, -0.25) is 4.79 Å². The first-order valence-corrected chi connectivity index (χ1v) is 7.56. The molecule has 1 aromatic carbocycles. The minimum absolute atomic E-state index is 0.109. The predicted octanol–water partition coefficient (Wildman–Crippen LogP) is 3.49. The summed E-state index contributed by atoms with van der Waals surface area (Å²) >= 11 is 4.57. The van der Waals surface area contributed by atoms with Gasteiger partial charge in [0.15, 0.2) is 5.43 Å². The second kappa shape index (κ2) is 5.04. The number of aromatic nitrogens is 1. The second-order valence-electron chi connectivity index (χ2n) is 5.69. The number of hydrogen-bond donors (Lipinski definition) is 1. The van der Waals surface area contributed by atoms with Crippen LogP contribution in [-0.4, -0.2) is 10.3 Å². The summed E-state index contributed by atoms with van der Waals surface area (Å²) in [5, 5.41) is 0.817. The van der Waals surface area contributed by atoms with Gasteiger partial charge < -0.3 is 4.57 Å². The van der Waals surface area contributed by atoms with Crippen molar-refractivity contribution in [3.63, 3.8) is 0 Å². The van der Waals surface area contributed by atoms with Gasteiger partial charge in [-0.05, 0) is 36.1 Å². The van der Waals surface area contributed by atoms with E-state index in [1.807, 2.05) is 30.5 Å². The Morgan fingerprint density at radius 3 is 2.63 bits per heavy atom. The van der Waals surface area contributed by atoms with Gasteiger partial charge in [-0.25, -0.2) is 0 Å². The van der Waals surface area contributed by atoms with Crippen molar-refractivity contribution in [2.45, 2.75) is 32.2 Å². The quantitative estimate of drug-likeness (QED) is 0.850. The van der Waals surface area contributed by atoms with Gasteiger partial charge in [0.1, 0.15) is 0 Å². The van der Waals surface area contributed by atoms with E-state index in [9.17, 15) is 4.79 Å². The van der Waals surface area contributed by atoms with E-state index in [1.54, 1.807) is 6.07 Å². The van der Waals surface area contributed by atoms with Crippen LogP contribution in [0.15, 0.2) is 41.3 Å². The van der Waals surface area contributed by atoms with Crippen LogP contribution < -0.4 is 5.43 Å². The highest BCUT2D eigenvalue weighted by Gasteiger charge is 2.32. The fourth-order valence-corrected chi connectivity index (χ4v) is 3.67. The molecule has 1 aliphatic carbocycles. The molecule has 0 saturated heterocycles. The van der Waals surface area contributed by atoms with Crippen LogP contribution in [0.4, 0.5) is 0 Å². The Kier molecular flexibility index (Phi) is 3.40.